The summed E-state index contributed by atoms with van der Waals surface area (Å²) in [7, 11) is 0. The summed E-state index contributed by atoms with van der Waals surface area (Å²) in [6.45, 7) is 0.958. The molecule has 126 valence electrons. The number of primary amides is 1. The normalized spacial score (nSPS) is 14.3. The number of nitrogens with two attached hydrogens (primary N) is 1. The molecule has 2 N–H and O–H groups in total. The number of nitro benzene ring substituents is 1. The maximum absolute atomic E-state index is 12.2. The van der Waals surface area contributed by atoms with Gasteiger partial charge in [-0.25, -0.2) is 0 Å². The number of hydrogen-bond donors (Lipinski definition) is 1. The van der Waals surface area contributed by atoms with Gasteiger partial charge in [-0.15, -0.1) is 0 Å². The number of carbonyl (C=O) groups excluding carboxylic acids is 4. The van der Waals surface area contributed by atoms with Crippen molar-refractivity contribution in [2.24, 2.45) is 5.73 Å². The van der Waals surface area contributed by atoms with Crippen LogP contribution in [0.25, 0.3) is 0 Å². The van der Waals surface area contributed by atoms with E-state index in [-0.39, 0.29) is 24.1 Å². The van der Waals surface area contributed by atoms with Crippen LogP contribution in [-0.4, -0.2) is 46.2 Å². The predicted octanol–water partition coefficient (Wildman–Crippen LogP) is -0.00210. The van der Waals surface area contributed by atoms with Gasteiger partial charge in [-0.05, 0) is 13.0 Å². The summed E-state index contributed by atoms with van der Waals surface area (Å²) >= 11 is 0. The largest absolute Gasteiger partial charge is 0.453 e. The highest BCUT2D eigenvalue weighted by Gasteiger charge is 2.40. The minimum Gasteiger partial charge on any atom is -0.453 e. The third kappa shape index (κ3) is 3.07. The Morgan fingerprint density at radius 1 is 1.33 bits per heavy atom. The van der Waals surface area contributed by atoms with Crippen LogP contribution in [0.4, 0.5) is 5.69 Å². The fourth-order valence-electron chi connectivity index (χ4n) is 2.19. The molecule has 1 aliphatic rings. The van der Waals surface area contributed by atoms with Crippen molar-refractivity contribution in [2.45, 2.75) is 19.4 Å². The zero-order valence-corrected chi connectivity index (χ0v) is 12.6. The van der Waals surface area contributed by atoms with Crippen molar-refractivity contribution in [3.63, 3.8) is 0 Å². The van der Waals surface area contributed by atoms with E-state index in [2.05, 4.69) is 0 Å². The number of nitro groups is 1. The molecule has 24 heavy (non-hydrogen) atoms. The molecule has 10 nitrogen and oxygen atoms in total. The Bertz CT molecular complexity index is 759. The van der Waals surface area contributed by atoms with E-state index >= 15 is 0 Å². The van der Waals surface area contributed by atoms with Crippen LogP contribution >= 0.6 is 0 Å². The van der Waals surface area contributed by atoms with Gasteiger partial charge in [-0.1, -0.05) is 6.07 Å². The third-order valence-corrected chi connectivity index (χ3v) is 3.42. The Morgan fingerprint density at radius 2 is 2.00 bits per heavy atom. The lowest BCUT2D eigenvalue weighted by atomic mass is 10.1. The van der Waals surface area contributed by atoms with Crippen LogP contribution in [0.1, 0.15) is 34.1 Å². The first kappa shape index (κ1) is 17.1. The van der Waals surface area contributed by atoms with Crippen LogP contribution in [0.15, 0.2) is 18.2 Å². The number of fused-ring (bicyclic) bond motifs is 1. The Kier molecular flexibility index (Phi) is 4.58. The van der Waals surface area contributed by atoms with Crippen molar-refractivity contribution in [3.8, 4) is 0 Å². The van der Waals surface area contributed by atoms with Crippen molar-refractivity contribution in [3.05, 3.63) is 39.4 Å². The van der Waals surface area contributed by atoms with E-state index in [1.165, 1.54) is 19.1 Å². The molecule has 0 saturated carbocycles. The highest BCUT2D eigenvalue weighted by Crippen LogP contribution is 2.30. The molecule has 1 atom stereocenters. The average Bonchev–Trinajstić information content (AvgIpc) is 2.76. The van der Waals surface area contributed by atoms with Gasteiger partial charge in [0.2, 0.25) is 0 Å². The number of imide groups is 1. The molecule has 0 bridgehead atoms. The lowest BCUT2D eigenvalue weighted by Gasteiger charge is -2.14. The van der Waals surface area contributed by atoms with Crippen molar-refractivity contribution in [1.82, 2.24) is 4.90 Å². The van der Waals surface area contributed by atoms with E-state index in [4.69, 9.17) is 10.5 Å². The zero-order valence-electron chi connectivity index (χ0n) is 12.6. The van der Waals surface area contributed by atoms with Crippen LogP contribution in [0.5, 0.6) is 0 Å². The lowest BCUT2D eigenvalue weighted by Crippen LogP contribution is -2.34. The van der Waals surface area contributed by atoms with Crippen LogP contribution in [-0.2, 0) is 14.3 Å². The molecule has 1 heterocycles. The minimum atomic E-state index is -1.14. The van der Waals surface area contributed by atoms with Gasteiger partial charge >= 0.3 is 5.97 Å². The fourth-order valence-corrected chi connectivity index (χ4v) is 2.19. The second kappa shape index (κ2) is 6.44. The first-order valence-corrected chi connectivity index (χ1v) is 6.86. The quantitative estimate of drug-likeness (QED) is 0.332. The SMILES string of the molecule is C[C@@H](OC(=O)CCN1C(=O)c2cccc([N+](=O)[O-])c2C1=O)C(N)=O. The highest BCUT2D eigenvalue weighted by atomic mass is 16.6. The Balaban J connectivity index is 2.12. The van der Waals surface area contributed by atoms with Crippen molar-refractivity contribution in [1.29, 1.82) is 0 Å². The van der Waals surface area contributed by atoms with Gasteiger partial charge in [0.05, 0.1) is 16.9 Å². The van der Waals surface area contributed by atoms with E-state index in [0.717, 1.165) is 11.0 Å². The molecule has 0 saturated heterocycles. The van der Waals surface area contributed by atoms with Gasteiger partial charge in [0.15, 0.2) is 6.10 Å². The molecule has 3 amide bonds. The molecule has 1 aromatic carbocycles. The summed E-state index contributed by atoms with van der Waals surface area (Å²) in [5.74, 6) is -3.24. The molecular formula is C14H13N3O7. The molecule has 0 spiro atoms. The molecule has 0 radical (unpaired) electrons. The number of rotatable bonds is 6. The van der Waals surface area contributed by atoms with Gasteiger partial charge in [0, 0.05) is 12.6 Å². The summed E-state index contributed by atoms with van der Waals surface area (Å²) in [5.41, 5.74) is 4.09. The summed E-state index contributed by atoms with van der Waals surface area (Å²) in [5, 5.41) is 11.0. The summed E-state index contributed by atoms with van der Waals surface area (Å²) in [6.07, 6.45) is -1.50. The Hall–Kier alpha value is -3.30. The number of amides is 3. The molecule has 1 aliphatic heterocycles. The number of carbonyl (C=O) groups is 4. The standard InChI is InChI=1S/C14H13N3O7/c1-7(12(15)19)24-10(18)5-6-16-13(20)8-3-2-4-9(17(22)23)11(8)14(16)21/h2-4,7H,5-6H2,1H3,(H2,15,19)/t7-/m1/s1. The van der Waals surface area contributed by atoms with Crippen molar-refractivity contribution < 1.29 is 28.8 Å². The van der Waals surface area contributed by atoms with Gasteiger partial charge in [-0.3, -0.25) is 34.2 Å². The fraction of sp³-hybridized carbons (Fsp3) is 0.286. The van der Waals surface area contributed by atoms with E-state index in [9.17, 15) is 29.3 Å². The Labute approximate surface area is 135 Å². The predicted molar refractivity (Wildman–Crippen MR) is 77.8 cm³/mol. The molecule has 0 aliphatic carbocycles. The maximum atomic E-state index is 12.2. The first-order chi connectivity index (χ1) is 11.2. The molecule has 0 aromatic heterocycles. The second-order valence-corrected chi connectivity index (χ2v) is 5.00. The molecular weight excluding hydrogens is 322 g/mol. The highest BCUT2D eigenvalue weighted by molar-refractivity contribution is 6.23. The second-order valence-electron chi connectivity index (χ2n) is 5.00. The first-order valence-electron chi connectivity index (χ1n) is 6.86. The van der Waals surface area contributed by atoms with Gasteiger partial charge < -0.3 is 10.5 Å². The molecule has 0 fully saturated rings. The number of ether oxygens (including phenoxy) is 1. The summed E-state index contributed by atoms with van der Waals surface area (Å²) in [4.78, 5) is 57.8. The molecule has 2 rings (SSSR count). The van der Waals surface area contributed by atoms with Crippen LogP contribution in [0, 0.1) is 10.1 Å². The van der Waals surface area contributed by atoms with Crippen LogP contribution in [0.2, 0.25) is 0 Å². The monoisotopic (exact) mass is 335 g/mol. The number of esters is 1. The average molecular weight is 335 g/mol. The zero-order chi connectivity index (χ0) is 18.0. The van der Waals surface area contributed by atoms with Crippen LogP contribution < -0.4 is 5.73 Å². The van der Waals surface area contributed by atoms with Crippen LogP contribution in [0.3, 0.4) is 0 Å². The molecule has 10 heteroatoms. The smallest absolute Gasteiger partial charge is 0.308 e. The van der Waals surface area contributed by atoms with E-state index in [1.54, 1.807) is 0 Å². The van der Waals surface area contributed by atoms with Gasteiger partial charge in [0.1, 0.15) is 5.56 Å². The number of hydrogen-bond acceptors (Lipinski definition) is 7. The van der Waals surface area contributed by atoms with E-state index in [0.29, 0.717) is 0 Å². The van der Waals surface area contributed by atoms with Crippen molar-refractivity contribution >= 4 is 29.4 Å². The van der Waals surface area contributed by atoms with E-state index in [1.807, 2.05) is 0 Å². The van der Waals surface area contributed by atoms with Crippen molar-refractivity contribution in [2.75, 3.05) is 6.54 Å². The summed E-state index contributed by atoms with van der Waals surface area (Å²) < 4.78 is 4.71. The topological polar surface area (TPSA) is 150 Å². The van der Waals surface area contributed by atoms with Gasteiger partial charge in [0.25, 0.3) is 23.4 Å². The number of nitrogens with zero attached hydrogens (tertiary/aromatic N) is 2. The molecule has 1 aromatic rings. The van der Waals surface area contributed by atoms with E-state index < -0.39 is 40.4 Å². The minimum absolute atomic E-state index is 0.0897. The molecule has 0 unspecified atom stereocenters. The summed E-state index contributed by atoms with van der Waals surface area (Å²) in [6, 6.07) is 3.72. The Morgan fingerprint density at radius 3 is 2.58 bits per heavy atom. The lowest BCUT2D eigenvalue weighted by molar-refractivity contribution is -0.385. The van der Waals surface area contributed by atoms with Gasteiger partial charge in [-0.2, -0.15) is 0 Å². The number of benzene rings is 1. The maximum Gasteiger partial charge on any atom is 0.308 e. The third-order valence-electron chi connectivity index (χ3n) is 3.42.